The zero-order valence-electron chi connectivity index (χ0n) is 4.55. The Morgan fingerprint density at radius 2 is 2.62 bits per heavy atom. The maximum Gasteiger partial charge on any atom is 0.225 e. The molecule has 44 valence electrons. The molecule has 0 unspecified atom stereocenters. The van der Waals surface area contributed by atoms with Crippen molar-refractivity contribution in [2.45, 2.75) is 12.8 Å². The van der Waals surface area contributed by atoms with Crippen molar-refractivity contribution in [2.75, 3.05) is 6.54 Å². The molecule has 0 saturated heterocycles. The minimum absolute atomic E-state index is 0.0752. The molecule has 1 aliphatic heterocycles. The fraction of sp³-hybridized carbons (Fsp3) is 0.600. The number of amides is 1. The molecule has 0 bridgehead atoms. The first-order chi connectivity index (χ1) is 3.89. The highest BCUT2D eigenvalue weighted by atomic mass is 16.1. The third-order valence-corrected chi connectivity index (χ3v) is 1.01. The third kappa shape index (κ3) is 1.33. The number of hydrogen-bond donors (Lipinski definition) is 1. The van der Waals surface area contributed by atoms with Gasteiger partial charge in [-0.2, -0.15) is 0 Å². The molecule has 1 N–H and O–H groups in total. The molecule has 0 aromatic rings. The first-order valence-corrected chi connectivity index (χ1v) is 2.67. The van der Waals surface area contributed by atoms with Crippen molar-refractivity contribution < 1.29 is 4.79 Å². The maximum atomic E-state index is 10.5. The number of carbonyl (C=O) groups excluding carboxylic acids is 1. The summed E-state index contributed by atoms with van der Waals surface area (Å²) in [6.45, 7) is 0.777. The highest BCUT2D eigenvalue weighted by Crippen LogP contribution is 1.90. The van der Waals surface area contributed by atoms with Crippen molar-refractivity contribution in [3.8, 4) is 0 Å². The van der Waals surface area contributed by atoms with Crippen LogP contribution in [0.3, 0.4) is 0 Å². The molecule has 0 saturated carbocycles. The summed E-state index contributed by atoms with van der Waals surface area (Å²) in [5, 5.41) is 2.51. The van der Waals surface area contributed by atoms with Crippen LogP contribution >= 0.6 is 0 Å². The molecular weight excluding hydrogens is 104 g/mol. The van der Waals surface area contributed by atoms with Crippen molar-refractivity contribution in [3.63, 3.8) is 0 Å². The van der Waals surface area contributed by atoms with Crippen LogP contribution in [0.15, 0.2) is 4.99 Å². The Balaban J connectivity index is 2.41. The van der Waals surface area contributed by atoms with E-state index in [2.05, 4.69) is 10.3 Å². The van der Waals surface area contributed by atoms with Crippen LogP contribution in [0.1, 0.15) is 12.8 Å². The number of rotatable bonds is 0. The van der Waals surface area contributed by atoms with Crippen LogP contribution in [0.4, 0.5) is 0 Å². The van der Waals surface area contributed by atoms with Crippen molar-refractivity contribution in [3.05, 3.63) is 0 Å². The van der Waals surface area contributed by atoms with Crippen LogP contribution in [0.5, 0.6) is 0 Å². The van der Waals surface area contributed by atoms with Crippen molar-refractivity contribution >= 4 is 12.2 Å². The third-order valence-electron chi connectivity index (χ3n) is 1.01. The Morgan fingerprint density at radius 1 is 1.75 bits per heavy atom. The lowest BCUT2D eigenvalue weighted by Crippen LogP contribution is -2.18. The molecule has 0 aliphatic carbocycles. The summed E-state index contributed by atoms with van der Waals surface area (Å²) < 4.78 is 0. The van der Waals surface area contributed by atoms with Crippen molar-refractivity contribution in [2.24, 2.45) is 4.99 Å². The fourth-order valence-electron chi connectivity index (χ4n) is 0.585. The summed E-state index contributed by atoms with van der Waals surface area (Å²) in [4.78, 5) is 14.3. The standard InChI is InChI=1S/C5H8N2O/c8-5-2-1-3-6-4-7-5/h4H,1-3H2,(H,6,7,8). The zero-order chi connectivity index (χ0) is 5.82. The van der Waals surface area contributed by atoms with Gasteiger partial charge in [-0.25, -0.2) is 0 Å². The van der Waals surface area contributed by atoms with Crippen molar-refractivity contribution in [1.29, 1.82) is 0 Å². The predicted molar refractivity (Wildman–Crippen MR) is 30.7 cm³/mol. The fourth-order valence-corrected chi connectivity index (χ4v) is 0.585. The van der Waals surface area contributed by atoms with Crippen LogP contribution in [-0.2, 0) is 4.79 Å². The maximum absolute atomic E-state index is 10.5. The summed E-state index contributed by atoms with van der Waals surface area (Å²) in [5.74, 6) is 0.0752. The first kappa shape index (κ1) is 5.28. The molecule has 8 heavy (non-hydrogen) atoms. The molecule has 0 spiro atoms. The summed E-state index contributed by atoms with van der Waals surface area (Å²) in [6, 6.07) is 0. The molecule has 1 rings (SSSR count). The first-order valence-electron chi connectivity index (χ1n) is 2.67. The quantitative estimate of drug-likeness (QED) is 0.468. The van der Waals surface area contributed by atoms with E-state index in [1.165, 1.54) is 6.34 Å². The monoisotopic (exact) mass is 112 g/mol. The number of aliphatic imine (C=N–C) groups is 1. The van der Waals surface area contributed by atoms with E-state index in [-0.39, 0.29) is 5.91 Å². The molecule has 3 nitrogen and oxygen atoms in total. The van der Waals surface area contributed by atoms with Crippen LogP contribution in [0.2, 0.25) is 0 Å². The smallest absolute Gasteiger partial charge is 0.225 e. The Morgan fingerprint density at radius 3 is 3.50 bits per heavy atom. The van der Waals surface area contributed by atoms with E-state index in [4.69, 9.17) is 0 Å². The van der Waals surface area contributed by atoms with Crippen LogP contribution < -0.4 is 5.32 Å². The second-order valence-corrected chi connectivity index (χ2v) is 1.71. The molecule has 0 atom stereocenters. The van der Waals surface area contributed by atoms with Crippen LogP contribution in [-0.4, -0.2) is 18.8 Å². The van der Waals surface area contributed by atoms with E-state index in [1.54, 1.807) is 0 Å². The van der Waals surface area contributed by atoms with Gasteiger partial charge in [0.25, 0.3) is 0 Å². The minimum Gasteiger partial charge on any atom is -0.317 e. The van der Waals surface area contributed by atoms with E-state index >= 15 is 0 Å². The number of nitrogens with zero attached hydrogens (tertiary/aromatic N) is 1. The Kier molecular flexibility index (Phi) is 1.62. The molecule has 3 heteroatoms. The van der Waals surface area contributed by atoms with Gasteiger partial charge < -0.3 is 5.32 Å². The molecule has 1 amide bonds. The van der Waals surface area contributed by atoms with Gasteiger partial charge in [0, 0.05) is 13.0 Å². The molecule has 0 aromatic carbocycles. The molecular formula is C5H8N2O. The Hall–Kier alpha value is -0.860. The number of nitrogens with one attached hydrogen (secondary N) is 1. The largest absolute Gasteiger partial charge is 0.317 e. The summed E-state index contributed by atoms with van der Waals surface area (Å²) in [7, 11) is 0. The molecule has 0 aromatic heterocycles. The number of hydrogen-bond acceptors (Lipinski definition) is 2. The van der Waals surface area contributed by atoms with Gasteiger partial charge in [-0.05, 0) is 6.42 Å². The van der Waals surface area contributed by atoms with Gasteiger partial charge in [-0.15, -0.1) is 0 Å². The van der Waals surface area contributed by atoms with E-state index in [1.807, 2.05) is 0 Å². The lowest BCUT2D eigenvalue weighted by atomic mass is 10.3. The predicted octanol–water partition coefficient (Wildman–Crippen LogP) is -0.0753. The average Bonchev–Trinajstić information content (AvgIpc) is 1.94. The van der Waals surface area contributed by atoms with E-state index < -0.39 is 0 Å². The minimum atomic E-state index is 0.0752. The van der Waals surface area contributed by atoms with Gasteiger partial charge in [0.1, 0.15) is 0 Å². The van der Waals surface area contributed by atoms with Crippen LogP contribution in [0.25, 0.3) is 0 Å². The van der Waals surface area contributed by atoms with Gasteiger partial charge in [-0.3, -0.25) is 9.79 Å². The molecule has 0 fully saturated rings. The zero-order valence-corrected chi connectivity index (χ0v) is 4.55. The van der Waals surface area contributed by atoms with Gasteiger partial charge in [0.05, 0.1) is 6.34 Å². The molecule has 0 radical (unpaired) electrons. The number of carbonyl (C=O) groups is 1. The highest BCUT2D eigenvalue weighted by molar-refractivity contribution is 5.87. The van der Waals surface area contributed by atoms with Crippen LogP contribution in [0, 0.1) is 0 Å². The van der Waals surface area contributed by atoms with E-state index in [0.29, 0.717) is 6.42 Å². The summed E-state index contributed by atoms with van der Waals surface area (Å²) in [6.07, 6.45) is 2.96. The molecule has 1 heterocycles. The second-order valence-electron chi connectivity index (χ2n) is 1.71. The van der Waals surface area contributed by atoms with Gasteiger partial charge in [-0.1, -0.05) is 0 Å². The normalized spacial score (nSPS) is 19.8. The highest BCUT2D eigenvalue weighted by Gasteiger charge is 1.99. The van der Waals surface area contributed by atoms with Gasteiger partial charge in [0.2, 0.25) is 5.91 Å². The topological polar surface area (TPSA) is 41.5 Å². The summed E-state index contributed by atoms with van der Waals surface area (Å²) in [5.41, 5.74) is 0. The van der Waals surface area contributed by atoms with Gasteiger partial charge >= 0.3 is 0 Å². The second kappa shape index (κ2) is 2.45. The van der Waals surface area contributed by atoms with Crippen molar-refractivity contribution in [1.82, 2.24) is 5.32 Å². The Bertz CT molecular complexity index is 120. The lowest BCUT2D eigenvalue weighted by molar-refractivity contribution is -0.119. The lowest BCUT2D eigenvalue weighted by Gasteiger charge is -1.88. The van der Waals surface area contributed by atoms with E-state index in [9.17, 15) is 4.79 Å². The summed E-state index contributed by atoms with van der Waals surface area (Å²) >= 11 is 0. The SMILES string of the molecule is O=C1CCCN=CN1. The molecule has 1 aliphatic rings. The van der Waals surface area contributed by atoms with E-state index in [0.717, 1.165) is 13.0 Å². The average molecular weight is 112 g/mol. The Labute approximate surface area is 47.8 Å². The van der Waals surface area contributed by atoms with Gasteiger partial charge in [0.15, 0.2) is 0 Å².